The van der Waals surface area contributed by atoms with E-state index >= 15 is 0 Å². The van der Waals surface area contributed by atoms with Gasteiger partial charge in [0.1, 0.15) is 18.3 Å². The predicted molar refractivity (Wildman–Crippen MR) is 38.0 cm³/mol. The van der Waals surface area contributed by atoms with E-state index in [-0.39, 0.29) is 42.5 Å². The summed E-state index contributed by atoms with van der Waals surface area (Å²) in [5.74, 6) is 0.176. The van der Waals surface area contributed by atoms with Gasteiger partial charge in [-0.25, -0.2) is 0 Å². The zero-order valence-corrected chi connectivity index (χ0v) is 8.32. The topological polar surface area (TPSA) is 57.5 Å². The molecule has 4 heteroatoms. The molecule has 2 N–H and O–H groups in total. The van der Waals surface area contributed by atoms with Gasteiger partial charge in [-0.2, -0.15) is 0 Å². The van der Waals surface area contributed by atoms with Gasteiger partial charge in [0.15, 0.2) is 0 Å². The van der Waals surface area contributed by atoms with E-state index in [1.54, 1.807) is 6.07 Å². The Labute approximate surface area is 88.5 Å². The van der Waals surface area contributed by atoms with Crippen molar-refractivity contribution in [2.24, 2.45) is 0 Å². The van der Waals surface area contributed by atoms with Gasteiger partial charge in [-0.15, -0.1) is 0 Å². The summed E-state index contributed by atoms with van der Waals surface area (Å²) in [6.45, 7) is 2.00. The third kappa shape index (κ3) is 5.91. The quantitative estimate of drug-likeness (QED) is 0.437. The minimum atomic E-state index is 0. The molecule has 11 heavy (non-hydrogen) atoms. The van der Waals surface area contributed by atoms with Crippen molar-refractivity contribution in [2.75, 3.05) is 0 Å². The third-order valence-corrected chi connectivity index (χ3v) is 0.830. The molecule has 0 aliphatic carbocycles. The number of aromatic hydroxyl groups is 2. The van der Waals surface area contributed by atoms with Crippen LogP contribution in [0.4, 0.5) is 0 Å². The second-order valence-corrected chi connectivity index (χ2v) is 1.52. The smallest absolute Gasteiger partial charge is 1.00 e. The Morgan fingerprint density at radius 1 is 1.18 bits per heavy atom. The van der Waals surface area contributed by atoms with Crippen LogP contribution in [-0.2, 0) is 4.79 Å². The number of phenols is 2. The fourth-order valence-electron chi connectivity index (χ4n) is 0.493. The third-order valence-electron chi connectivity index (χ3n) is 0.830. The van der Waals surface area contributed by atoms with Crippen molar-refractivity contribution >= 4 is 6.79 Å². The Balaban J connectivity index is -0.000000189. The molecule has 3 nitrogen and oxygen atoms in total. The van der Waals surface area contributed by atoms with Crippen LogP contribution in [0, 0.1) is 0 Å². The summed E-state index contributed by atoms with van der Waals surface area (Å²) in [4.78, 5) is 8.00. The molecule has 0 bridgehead atoms. The van der Waals surface area contributed by atoms with Crippen LogP contribution in [-0.4, -0.2) is 17.0 Å². The molecule has 0 aliphatic heterocycles. The van der Waals surface area contributed by atoms with E-state index in [1.807, 2.05) is 6.79 Å². The molecule has 56 valence electrons. The molecule has 0 unspecified atom stereocenters. The van der Waals surface area contributed by atoms with Crippen LogP contribution < -0.4 is 29.6 Å². The molecule has 1 rings (SSSR count). The summed E-state index contributed by atoms with van der Waals surface area (Å²) in [6.07, 6.45) is 0. The van der Waals surface area contributed by atoms with Gasteiger partial charge < -0.3 is 16.4 Å². The predicted octanol–water partition coefficient (Wildman–Crippen LogP) is -1.97. The van der Waals surface area contributed by atoms with Gasteiger partial charge in [-0.05, 0) is 12.1 Å². The fourth-order valence-corrected chi connectivity index (χ4v) is 0.493. The average molecular weight is 164 g/mol. The molecule has 0 spiro atoms. The van der Waals surface area contributed by atoms with Gasteiger partial charge in [0.05, 0.1) is 0 Å². The minimum Gasteiger partial charge on any atom is -1.00 e. The second kappa shape index (κ2) is 7.60. The monoisotopic (exact) mass is 164 g/mol. The Bertz CT molecular complexity index is 190. The van der Waals surface area contributed by atoms with Gasteiger partial charge in [-0.3, -0.25) is 0 Å². The van der Waals surface area contributed by atoms with E-state index in [9.17, 15) is 0 Å². The maximum atomic E-state index is 8.65. The molecule has 0 aliphatic rings. The van der Waals surface area contributed by atoms with Crippen LogP contribution in [0.5, 0.6) is 11.5 Å². The molecule has 0 amide bonds. The van der Waals surface area contributed by atoms with Crippen LogP contribution in [0.15, 0.2) is 24.3 Å². The summed E-state index contributed by atoms with van der Waals surface area (Å²) < 4.78 is 0. The van der Waals surface area contributed by atoms with E-state index < -0.39 is 0 Å². The fraction of sp³-hybridized carbons (Fsp3) is 0. The van der Waals surface area contributed by atoms with Crippen molar-refractivity contribution in [3.63, 3.8) is 0 Å². The Hall–Kier alpha value is -0.510. The van der Waals surface area contributed by atoms with Crippen LogP contribution in [0.25, 0.3) is 0 Å². The van der Waals surface area contributed by atoms with Gasteiger partial charge in [0, 0.05) is 6.07 Å². The second-order valence-electron chi connectivity index (χ2n) is 1.52. The first-order valence-corrected chi connectivity index (χ1v) is 2.56. The van der Waals surface area contributed by atoms with Gasteiger partial charge in [-0.1, -0.05) is 6.07 Å². The summed E-state index contributed by atoms with van der Waals surface area (Å²) in [5.41, 5.74) is 0. The molecule has 0 aromatic heterocycles. The number of hydrogen-bond acceptors (Lipinski definition) is 3. The maximum absolute atomic E-state index is 8.65. The SMILES string of the molecule is C=O.Oc1cccc(O)c1.[H-].[Na+]. The maximum Gasteiger partial charge on any atom is 1.00 e. The Morgan fingerprint density at radius 3 is 1.73 bits per heavy atom. The number of carbonyl (C=O) groups excluding carboxylic acids is 1. The van der Waals surface area contributed by atoms with E-state index in [0.29, 0.717) is 0 Å². The molecule has 0 saturated carbocycles. The molecule has 1 aromatic rings. The van der Waals surface area contributed by atoms with Crippen LogP contribution >= 0.6 is 0 Å². The summed E-state index contributed by atoms with van der Waals surface area (Å²) in [6, 6.07) is 5.85. The van der Waals surface area contributed by atoms with Gasteiger partial charge in [0.25, 0.3) is 0 Å². The van der Waals surface area contributed by atoms with Crippen molar-refractivity contribution in [3.8, 4) is 11.5 Å². The van der Waals surface area contributed by atoms with E-state index in [1.165, 1.54) is 18.2 Å². The van der Waals surface area contributed by atoms with Crippen LogP contribution in [0.1, 0.15) is 1.43 Å². The van der Waals surface area contributed by atoms with Crippen LogP contribution in [0.3, 0.4) is 0 Å². The van der Waals surface area contributed by atoms with Crippen LogP contribution in [0.2, 0.25) is 0 Å². The van der Waals surface area contributed by atoms with Gasteiger partial charge in [0.2, 0.25) is 0 Å². The first-order chi connectivity index (χ1) is 4.79. The minimum absolute atomic E-state index is 0. The standard InChI is InChI=1S/C6H6O2.CH2O.Na.H/c7-5-2-1-3-6(8)4-5;1-2;;/h1-4,7-8H;1H2;;/q;;+1;-1. The number of phenolic OH excluding ortho intramolecular Hbond substituents is 2. The largest absolute Gasteiger partial charge is 1.00 e. The molecule has 0 saturated heterocycles. The number of hydrogen-bond donors (Lipinski definition) is 2. The van der Waals surface area contributed by atoms with E-state index in [2.05, 4.69) is 0 Å². The van der Waals surface area contributed by atoms with Crippen molar-refractivity contribution in [3.05, 3.63) is 24.3 Å². The van der Waals surface area contributed by atoms with Crippen molar-refractivity contribution in [1.29, 1.82) is 0 Å². The Morgan fingerprint density at radius 2 is 1.55 bits per heavy atom. The molecule has 0 fully saturated rings. The molecule has 0 radical (unpaired) electrons. The molecule has 0 atom stereocenters. The zero-order valence-electron chi connectivity index (χ0n) is 7.32. The Kier molecular flexibility index (Phi) is 9.05. The summed E-state index contributed by atoms with van der Waals surface area (Å²) in [5, 5.41) is 17.3. The summed E-state index contributed by atoms with van der Waals surface area (Å²) >= 11 is 0. The molecular weight excluding hydrogens is 155 g/mol. The van der Waals surface area contributed by atoms with Crippen molar-refractivity contribution in [1.82, 2.24) is 0 Å². The normalized spacial score (nSPS) is 6.91. The average Bonchev–Trinajstić information content (AvgIpc) is 1.91. The first kappa shape index (κ1) is 13.1. The molecular formula is C7H9NaO3. The number of benzene rings is 1. The molecule has 0 heterocycles. The molecule has 1 aromatic carbocycles. The number of rotatable bonds is 0. The summed E-state index contributed by atoms with van der Waals surface area (Å²) in [7, 11) is 0. The zero-order chi connectivity index (χ0) is 7.98. The van der Waals surface area contributed by atoms with Gasteiger partial charge >= 0.3 is 29.6 Å². The van der Waals surface area contributed by atoms with E-state index in [4.69, 9.17) is 15.0 Å². The number of carbonyl (C=O) groups is 1. The van der Waals surface area contributed by atoms with Crippen molar-refractivity contribution < 1.29 is 46.0 Å². The van der Waals surface area contributed by atoms with E-state index in [0.717, 1.165) is 0 Å². The van der Waals surface area contributed by atoms with Crippen molar-refractivity contribution in [2.45, 2.75) is 0 Å². The first-order valence-electron chi connectivity index (χ1n) is 2.56.